The van der Waals surface area contributed by atoms with Crippen molar-refractivity contribution in [3.05, 3.63) is 84.0 Å². The number of rotatable bonds is 10. The van der Waals surface area contributed by atoms with Gasteiger partial charge < -0.3 is 19.1 Å². The molecule has 0 aromatic heterocycles. The highest BCUT2D eigenvalue weighted by Crippen LogP contribution is 2.22. The van der Waals surface area contributed by atoms with Gasteiger partial charge in [0.1, 0.15) is 30.3 Å². The molecule has 186 valence electrons. The molecule has 0 saturated carbocycles. The summed E-state index contributed by atoms with van der Waals surface area (Å²) in [6.45, 7) is 17.2. The quantitative estimate of drug-likeness (QED) is 0.314. The second kappa shape index (κ2) is 16.1. The van der Waals surface area contributed by atoms with E-state index in [4.69, 9.17) is 9.47 Å². The van der Waals surface area contributed by atoms with Crippen molar-refractivity contribution in [2.75, 3.05) is 33.4 Å². The number of esters is 1. The van der Waals surface area contributed by atoms with Crippen molar-refractivity contribution in [3.63, 3.8) is 0 Å². The fraction of sp³-hybridized carbons (Fsp3) is 0.357. The summed E-state index contributed by atoms with van der Waals surface area (Å²) in [5.41, 5.74) is 3.16. The largest absolute Gasteiger partial charge is 0.489 e. The summed E-state index contributed by atoms with van der Waals surface area (Å²) in [4.78, 5) is 25.5. The highest BCUT2D eigenvalue weighted by atomic mass is 16.5. The van der Waals surface area contributed by atoms with E-state index in [9.17, 15) is 9.59 Å². The number of nitrogens with zero attached hydrogens (tertiary/aromatic N) is 1. The van der Waals surface area contributed by atoms with Crippen LogP contribution >= 0.6 is 0 Å². The van der Waals surface area contributed by atoms with E-state index in [1.807, 2.05) is 52.0 Å². The van der Waals surface area contributed by atoms with Crippen molar-refractivity contribution in [1.82, 2.24) is 4.90 Å². The first-order valence-corrected chi connectivity index (χ1v) is 10.9. The molecule has 0 N–H and O–H groups in total. The van der Waals surface area contributed by atoms with Crippen LogP contribution in [0.25, 0.3) is 0 Å². The van der Waals surface area contributed by atoms with E-state index in [0.717, 1.165) is 11.1 Å². The molecule has 0 aliphatic rings. The summed E-state index contributed by atoms with van der Waals surface area (Å²) >= 11 is 0. The molecular formula is C28H39NO5. The Kier molecular flexibility index (Phi) is 14.5. The number of hydrogen-bond donors (Lipinski definition) is 0. The van der Waals surface area contributed by atoms with Crippen LogP contribution in [0.1, 0.15) is 53.1 Å². The summed E-state index contributed by atoms with van der Waals surface area (Å²) in [7, 11) is 1.35. The van der Waals surface area contributed by atoms with E-state index in [1.165, 1.54) is 7.11 Å². The van der Waals surface area contributed by atoms with Gasteiger partial charge in [0.25, 0.3) is 5.91 Å². The van der Waals surface area contributed by atoms with Gasteiger partial charge in [-0.3, -0.25) is 4.79 Å². The molecule has 0 bridgehead atoms. The molecule has 0 aliphatic heterocycles. The number of methoxy groups -OCH3 is 1. The zero-order chi connectivity index (χ0) is 24.8. The molecule has 34 heavy (non-hydrogen) atoms. The first-order chi connectivity index (χ1) is 15.8. The third-order valence-corrected chi connectivity index (χ3v) is 4.67. The van der Waals surface area contributed by atoms with Crippen LogP contribution in [-0.2, 0) is 4.74 Å². The molecular weight excluding hydrogens is 430 g/mol. The number of carbonyl (C=O) groups excluding carboxylic acids is 2. The molecule has 0 aliphatic carbocycles. The van der Waals surface area contributed by atoms with Crippen molar-refractivity contribution < 1.29 is 23.8 Å². The lowest BCUT2D eigenvalue weighted by atomic mass is 10.1. The van der Waals surface area contributed by atoms with Crippen LogP contribution in [0.15, 0.2) is 61.7 Å². The third kappa shape index (κ3) is 9.14. The van der Waals surface area contributed by atoms with E-state index < -0.39 is 5.97 Å². The molecule has 0 saturated heterocycles. The fourth-order valence-corrected chi connectivity index (χ4v) is 2.93. The van der Waals surface area contributed by atoms with E-state index in [-0.39, 0.29) is 13.3 Å². The number of benzene rings is 2. The smallest absolute Gasteiger partial charge is 0.341 e. The van der Waals surface area contributed by atoms with Crippen LogP contribution in [0.4, 0.5) is 0 Å². The van der Waals surface area contributed by atoms with E-state index in [2.05, 4.69) is 17.9 Å². The van der Waals surface area contributed by atoms with Crippen molar-refractivity contribution >= 4 is 11.9 Å². The van der Waals surface area contributed by atoms with Crippen LogP contribution in [-0.4, -0.2) is 50.2 Å². The minimum absolute atomic E-state index is 0. The van der Waals surface area contributed by atoms with Gasteiger partial charge in [0, 0.05) is 13.1 Å². The lowest BCUT2D eigenvalue weighted by Crippen LogP contribution is -2.30. The lowest BCUT2D eigenvalue weighted by Gasteiger charge is -2.20. The van der Waals surface area contributed by atoms with Gasteiger partial charge in [-0.1, -0.05) is 44.9 Å². The highest BCUT2D eigenvalue weighted by molar-refractivity contribution is 5.97. The predicted octanol–water partition coefficient (Wildman–Crippen LogP) is 6.02. The fourth-order valence-electron chi connectivity index (χ4n) is 2.93. The summed E-state index contributed by atoms with van der Waals surface area (Å²) in [6.07, 6.45) is 3.30. The Morgan fingerprint density at radius 2 is 1.29 bits per heavy atom. The molecule has 0 fully saturated rings. The summed E-state index contributed by atoms with van der Waals surface area (Å²) < 4.78 is 15.6. The Morgan fingerprint density at radius 1 is 0.853 bits per heavy atom. The normalized spacial score (nSPS) is 9.44. The maximum atomic E-state index is 12.3. The molecule has 0 spiro atoms. The van der Waals surface area contributed by atoms with Crippen molar-refractivity contribution in [2.45, 2.75) is 35.1 Å². The maximum Gasteiger partial charge on any atom is 0.341 e. The van der Waals surface area contributed by atoms with Crippen molar-refractivity contribution in [1.29, 1.82) is 0 Å². The predicted molar refractivity (Wildman–Crippen MR) is 139 cm³/mol. The molecule has 0 heterocycles. The molecule has 6 heteroatoms. The lowest BCUT2D eigenvalue weighted by molar-refractivity contribution is 0.0596. The van der Waals surface area contributed by atoms with Crippen LogP contribution in [0.3, 0.4) is 0 Å². The summed E-state index contributed by atoms with van der Waals surface area (Å²) in [5, 5.41) is 0. The number of ether oxygens (including phenoxy) is 3. The van der Waals surface area contributed by atoms with Crippen LogP contribution < -0.4 is 9.47 Å². The number of amides is 1. The Balaban J connectivity index is 0.000000632. The van der Waals surface area contributed by atoms with Crippen LogP contribution in [0.2, 0.25) is 0 Å². The van der Waals surface area contributed by atoms with E-state index >= 15 is 0 Å². The zero-order valence-corrected chi connectivity index (χ0v) is 20.3. The molecule has 1 amide bonds. The monoisotopic (exact) mass is 469 g/mol. The van der Waals surface area contributed by atoms with Gasteiger partial charge in [0.05, 0.1) is 12.7 Å². The minimum Gasteiger partial charge on any atom is -0.489 e. The van der Waals surface area contributed by atoms with Gasteiger partial charge in [-0.15, -0.1) is 0 Å². The van der Waals surface area contributed by atoms with E-state index in [0.29, 0.717) is 48.9 Å². The second-order valence-corrected chi connectivity index (χ2v) is 7.17. The van der Waals surface area contributed by atoms with Gasteiger partial charge in [-0.2, -0.15) is 0 Å². The van der Waals surface area contributed by atoms with Gasteiger partial charge in [0.2, 0.25) is 0 Å². The van der Waals surface area contributed by atoms with Crippen molar-refractivity contribution in [2.24, 2.45) is 0 Å². The molecule has 2 aromatic rings. The molecule has 2 aromatic carbocycles. The number of hydrogen-bond acceptors (Lipinski definition) is 5. The van der Waals surface area contributed by atoms with Gasteiger partial charge in [0.15, 0.2) is 0 Å². The molecule has 2 rings (SSSR count). The minimum atomic E-state index is -0.394. The standard InChI is InChI=1S/C15H21NO2.C12H14O3.CH4/c1-5-10-18-14-11-12(4)8-9-13(14)15(17)16(6-2)7-3;1-4-7-15-11-8-9(2)5-6-10(11)12(13)14-3;/h5,8-9,11H,1,6-7,10H2,2-4H3;4-6,8H,1,7H2,2-3H3;1H4. The molecule has 0 atom stereocenters. The molecule has 0 unspecified atom stereocenters. The van der Waals surface area contributed by atoms with Crippen LogP contribution in [0, 0.1) is 13.8 Å². The SMILES string of the molecule is C.C=CCOc1cc(C)ccc1C(=O)N(CC)CC.C=CCOc1cc(C)ccc1C(=O)OC. The number of aryl methyl sites for hydroxylation is 2. The first-order valence-electron chi connectivity index (χ1n) is 10.9. The van der Waals surface area contributed by atoms with Gasteiger partial charge >= 0.3 is 5.97 Å². The maximum absolute atomic E-state index is 12.3. The van der Waals surface area contributed by atoms with E-state index in [1.54, 1.807) is 29.2 Å². The molecule has 6 nitrogen and oxygen atoms in total. The Morgan fingerprint density at radius 3 is 1.71 bits per heavy atom. The zero-order valence-electron chi connectivity index (χ0n) is 20.3. The average molecular weight is 470 g/mol. The third-order valence-electron chi connectivity index (χ3n) is 4.67. The second-order valence-electron chi connectivity index (χ2n) is 7.17. The van der Waals surface area contributed by atoms with Gasteiger partial charge in [-0.25, -0.2) is 4.79 Å². The Hall–Kier alpha value is -3.54. The van der Waals surface area contributed by atoms with Crippen LogP contribution in [0.5, 0.6) is 11.5 Å². The Labute approximate surface area is 204 Å². The van der Waals surface area contributed by atoms with Gasteiger partial charge in [-0.05, 0) is 63.1 Å². The topological polar surface area (TPSA) is 65.1 Å². The number of carbonyl (C=O) groups is 2. The molecule has 0 radical (unpaired) electrons. The summed E-state index contributed by atoms with van der Waals surface area (Å²) in [5.74, 6) is 0.779. The first kappa shape index (κ1) is 30.5. The average Bonchev–Trinajstić information content (AvgIpc) is 2.82. The summed E-state index contributed by atoms with van der Waals surface area (Å²) in [6, 6.07) is 11.0. The Bertz CT molecular complexity index is 948. The van der Waals surface area contributed by atoms with Crippen molar-refractivity contribution in [3.8, 4) is 11.5 Å². The highest BCUT2D eigenvalue weighted by Gasteiger charge is 2.17.